The monoisotopic (exact) mass is 156 g/mol. The molecule has 0 aliphatic carbocycles. The number of carbonyl (C=O) groups excluding carboxylic acids is 1. The number of nitrogens with one attached hydrogen (secondary N) is 2. The lowest BCUT2D eigenvalue weighted by atomic mass is 10.0. The van der Waals surface area contributed by atoms with E-state index in [2.05, 4.69) is 24.5 Å². The highest BCUT2D eigenvalue weighted by atomic mass is 16.1. The molecule has 1 aliphatic heterocycles. The van der Waals surface area contributed by atoms with Gasteiger partial charge in [-0.2, -0.15) is 0 Å². The Morgan fingerprint density at radius 1 is 1.45 bits per heavy atom. The van der Waals surface area contributed by atoms with Gasteiger partial charge in [-0.25, -0.2) is 0 Å². The predicted octanol–water partition coefficient (Wildman–Crippen LogP) is 0.120. The first-order valence-corrected chi connectivity index (χ1v) is 4.20. The lowest BCUT2D eigenvalue weighted by molar-refractivity contribution is -0.121. The highest BCUT2D eigenvalue weighted by Crippen LogP contribution is 2.06. The van der Waals surface area contributed by atoms with Gasteiger partial charge in [0.2, 0.25) is 5.91 Å². The van der Waals surface area contributed by atoms with Gasteiger partial charge in [0, 0.05) is 25.6 Å². The third-order valence-electron chi connectivity index (χ3n) is 2.06. The Morgan fingerprint density at radius 3 is 2.82 bits per heavy atom. The van der Waals surface area contributed by atoms with Crippen molar-refractivity contribution in [3.05, 3.63) is 0 Å². The van der Waals surface area contributed by atoms with Gasteiger partial charge in [0.25, 0.3) is 0 Å². The van der Waals surface area contributed by atoms with Crippen LogP contribution in [0.1, 0.15) is 20.3 Å². The first kappa shape index (κ1) is 8.53. The lowest BCUT2D eigenvalue weighted by Gasteiger charge is -2.17. The van der Waals surface area contributed by atoms with Crippen LogP contribution in [-0.2, 0) is 4.79 Å². The van der Waals surface area contributed by atoms with Gasteiger partial charge in [-0.05, 0) is 5.92 Å². The Labute approximate surface area is 67.5 Å². The number of amides is 1. The molecular formula is C8H16N2O. The first-order valence-electron chi connectivity index (χ1n) is 4.20. The Bertz CT molecular complexity index is 145. The van der Waals surface area contributed by atoms with E-state index in [0.29, 0.717) is 18.4 Å². The predicted molar refractivity (Wildman–Crippen MR) is 44.3 cm³/mol. The van der Waals surface area contributed by atoms with E-state index in [1.165, 1.54) is 0 Å². The number of hydrogen-bond acceptors (Lipinski definition) is 2. The van der Waals surface area contributed by atoms with E-state index in [1.807, 2.05) is 0 Å². The second-order valence-electron chi connectivity index (χ2n) is 3.36. The molecule has 1 aliphatic rings. The van der Waals surface area contributed by atoms with Gasteiger partial charge in [0.05, 0.1) is 0 Å². The molecule has 0 aromatic carbocycles. The number of carbonyl (C=O) groups is 1. The molecule has 3 nitrogen and oxygen atoms in total. The van der Waals surface area contributed by atoms with Crippen LogP contribution in [0.5, 0.6) is 0 Å². The van der Waals surface area contributed by atoms with Crippen LogP contribution in [0.2, 0.25) is 0 Å². The van der Waals surface area contributed by atoms with E-state index in [4.69, 9.17) is 0 Å². The van der Waals surface area contributed by atoms with Crippen LogP contribution in [0, 0.1) is 5.92 Å². The first-order chi connectivity index (χ1) is 5.20. The average Bonchev–Trinajstić information content (AvgIpc) is 2.13. The molecule has 1 saturated heterocycles. The van der Waals surface area contributed by atoms with Crippen molar-refractivity contribution in [3.8, 4) is 0 Å². The Kier molecular flexibility index (Phi) is 2.88. The Balaban J connectivity index is 2.45. The Hall–Kier alpha value is -0.570. The van der Waals surface area contributed by atoms with Gasteiger partial charge < -0.3 is 10.6 Å². The summed E-state index contributed by atoms with van der Waals surface area (Å²) in [6, 6.07) is 0.359. The van der Waals surface area contributed by atoms with E-state index in [0.717, 1.165) is 13.1 Å². The van der Waals surface area contributed by atoms with Gasteiger partial charge in [0.15, 0.2) is 0 Å². The van der Waals surface area contributed by atoms with Crippen molar-refractivity contribution in [3.63, 3.8) is 0 Å². The highest BCUT2D eigenvalue weighted by molar-refractivity contribution is 5.76. The lowest BCUT2D eigenvalue weighted by Crippen LogP contribution is -2.34. The quantitative estimate of drug-likeness (QED) is 0.566. The number of hydrogen-bond donors (Lipinski definition) is 2. The maximum atomic E-state index is 11.0. The summed E-state index contributed by atoms with van der Waals surface area (Å²) in [5, 5.41) is 6.16. The SMILES string of the molecule is CC(C)[C@@H]1CC(=O)NCCN1. The van der Waals surface area contributed by atoms with Crippen molar-refractivity contribution in [2.75, 3.05) is 13.1 Å². The van der Waals surface area contributed by atoms with Crippen molar-refractivity contribution in [2.24, 2.45) is 5.92 Å². The zero-order chi connectivity index (χ0) is 8.27. The van der Waals surface area contributed by atoms with Gasteiger partial charge in [-0.1, -0.05) is 13.8 Å². The maximum absolute atomic E-state index is 11.0. The standard InChI is InChI=1S/C8H16N2O/c1-6(2)7-5-8(11)10-4-3-9-7/h6-7,9H,3-5H2,1-2H3,(H,10,11)/t7-/m0/s1. The molecule has 1 atom stereocenters. The van der Waals surface area contributed by atoms with Crippen molar-refractivity contribution in [1.82, 2.24) is 10.6 Å². The summed E-state index contributed by atoms with van der Waals surface area (Å²) in [5.74, 6) is 0.715. The Morgan fingerprint density at radius 2 is 2.18 bits per heavy atom. The van der Waals surface area contributed by atoms with Crippen molar-refractivity contribution in [1.29, 1.82) is 0 Å². The fourth-order valence-corrected chi connectivity index (χ4v) is 1.27. The number of rotatable bonds is 1. The molecule has 1 amide bonds. The second kappa shape index (κ2) is 3.72. The van der Waals surface area contributed by atoms with Gasteiger partial charge in [-0.15, -0.1) is 0 Å². The maximum Gasteiger partial charge on any atom is 0.221 e. The fraction of sp³-hybridized carbons (Fsp3) is 0.875. The molecule has 11 heavy (non-hydrogen) atoms. The van der Waals surface area contributed by atoms with Crippen LogP contribution in [0.15, 0.2) is 0 Å². The van der Waals surface area contributed by atoms with E-state index in [9.17, 15) is 4.79 Å². The molecule has 0 unspecified atom stereocenters. The summed E-state index contributed by atoms with van der Waals surface area (Å²) < 4.78 is 0. The van der Waals surface area contributed by atoms with Crippen molar-refractivity contribution < 1.29 is 4.79 Å². The second-order valence-corrected chi connectivity index (χ2v) is 3.36. The van der Waals surface area contributed by atoms with Gasteiger partial charge in [-0.3, -0.25) is 4.79 Å². The van der Waals surface area contributed by atoms with E-state index in [1.54, 1.807) is 0 Å². The van der Waals surface area contributed by atoms with Crippen LogP contribution < -0.4 is 10.6 Å². The third kappa shape index (κ3) is 2.50. The summed E-state index contributed by atoms with van der Waals surface area (Å²) in [4.78, 5) is 11.0. The molecule has 2 N–H and O–H groups in total. The average molecular weight is 156 g/mol. The highest BCUT2D eigenvalue weighted by Gasteiger charge is 2.18. The summed E-state index contributed by atoms with van der Waals surface area (Å²) in [6.45, 7) is 5.93. The molecule has 0 aromatic heterocycles. The molecule has 0 radical (unpaired) electrons. The molecule has 1 fully saturated rings. The van der Waals surface area contributed by atoms with Gasteiger partial charge in [0.1, 0.15) is 0 Å². The van der Waals surface area contributed by atoms with Crippen LogP contribution in [0.25, 0.3) is 0 Å². The molecule has 64 valence electrons. The summed E-state index contributed by atoms with van der Waals surface area (Å²) >= 11 is 0. The minimum Gasteiger partial charge on any atom is -0.355 e. The third-order valence-corrected chi connectivity index (χ3v) is 2.06. The topological polar surface area (TPSA) is 41.1 Å². The van der Waals surface area contributed by atoms with Gasteiger partial charge >= 0.3 is 0 Å². The largest absolute Gasteiger partial charge is 0.355 e. The molecule has 0 aromatic rings. The molecule has 0 bridgehead atoms. The van der Waals surface area contributed by atoms with Crippen LogP contribution in [0.4, 0.5) is 0 Å². The molecule has 1 heterocycles. The summed E-state index contributed by atoms with van der Waals surface area (Å²) in [5.41, 5.74) is 0. The van der Waals surface area contributed by atoms with E-state index in [-0.39, 0.29) is 5.91 Å². The molecule has 1 rings (SSSR count). The van der Waals surface area contributed by atoms with E-state index < -0.39 is 0 Å². The molecule has 0 spiro atoms. The smallest absolute Gasteiger partial charge is 0.221 e. The van der Waals surface area contributed by atoms with Crippen LogP contribution >= 0.6 is 0 Å². The zero-order valence-electron chi connectivity index (χ0n) is 7.18. The van der Waals surface area contributed by atoms with Crippen LogP contribution in [-0.4, -0.2) is 25.0 Å². The normalized spacial score (nSPS) is 26.5. The molecular weight excluding hydrogens is 140 g/mol. The molecule has 3 heteroatoms. The van der Waals surface area contributed by atoms with Crippen molar-refractivity contribution >= 4 is 5.91 Å². The fourth-order valence-electron chi connectivity index (χ4n) is 1.27. The zero-order valence-corrected chi connectivity index (χ0v) is 7.18. The summed E-state index contributed by atoms with van der Waals surface area (Å²) in [6.07, 6.45) is 0.623. The van der Waals surface area contributed by atoms with Crippen molar-refractivity contribution in [2.45, 2.75) is 26.3 Å². The van der Waals surface area contributed by atoms with Crippen LogP contribution in [0.3, 0.4) is 0 Å². The minimum atomic E-state index is 0.175. The minimum absolute atomic E-state index is 0.175. The molecule has 0 saturated carbocycles. The summed E-state index contributed by atoms with van der Waals surface area (Å²) in [7, 11) is 0. The van der Waals surface area contributed by atoms with E-state index >= 15 is 0 Å².